The first-order valence-electron chi connectivity index (χ1n) is 6.69. The van der Waals surface area contributed by atoms with Crippen molar-refractivity contribution < 1.29 is 0 Å². The van der Waals surface area contributed by atoms with Crippen LogP contribution in [0.5, 0.6) is 0 Å². The van der Waals surface area contributed by atoms with Gasteiger partial charge in [0.05, 0.1) is 6.07 Å². The molecule has 0 saturated heterocycles. The molecule has 0 fully saturated rings. The van der Waals surface area contributed by atoms with Gasteiger partial charge in [0, 0.05) is 25.0 Å². The first-order chi connectivity index (χ1) is 8.53. The molecule has 0 radical (unpaired) electrons. The van der Waals surface area contributed by atoms with E-state index in [1.165, 1.54) is 0 Å². The SMILES string of the molecule is CCC(C#N)(CCCn1ccnc1C)NC(C)C. The van der Waals surface area contributed by atoms with Crippen LogP contribution >= 0.6 is 0 Å². The van der Waals surface area contributed by atoms with Gasteiger partial charge in [0.2, 0.25) is 0 Å². The van der Waals surface area contributed by atoms with Crippen LogP contribution in [0, 0.1) is 18.3 Å². The molecular weight excluding hydrogens is 224 g/mol. The monoisotopic (exact) mass is 248 g/mol. The third-order valence-corrected chi connectivity index (χ3v) is 3.31. The fraction of sp³-hybridized carbons (Fsp3) is 0.714. The first-order valence-corrected chi connectivity index (χ1v) is 6.69. The number of nitrogens with zero attached hydrogens (tertiary/aromatic N) is 3. The largest absolute Gasteiger partial charge is 0.335 e. The fourth-order valence-corrected chi connectivity index (χ4v) is 2.26. The molecule has 0 amide bonds. The number of aryl methyl sites for hydroxylation is 2. The summed E-state index contributed by atoms with van der Waals surface area (Å²) in [6.45, 7) is 9.17. The van der Waals surface area contributed by atoms with Gasteiger partial charge in [-0.25, -0.2) is 4.98 Å². The van der Waals surface area contributed by atoms with Crippen LogP contribution in [-0.4, -0.2) is 21.1 Å². The Kier molecular flexibility index (Phi) is 5.36. The molecule has 1 aromatic heterocycles. The Morgan fingerprint density at radius 1 is 1.56 bits per heavy atom. The van der Waals surface area contributed by atoms with Gasteiger partial charge in [-0.1, -0.05) is 6.92 Å². The van der Waals surface area contributed by atoms with Crippen LogP contribution in [0.1, 0.15) is 45.9 Å². The Balaban J connectivity index is 2.53. The van der Waals surface area contributed by atoms with E-state index in [2.05, 4.69) is 41.7 Å². The summed E-state index contributed by atoms with van der Waals surface area (Å²) in [5.74, 6) is 1.03. The van der Waals surface area contributed by atoms with Crippen LogP contribution in [-0.2, 0) is 6.54 Å². The molecule has 1 N–H and O–H groups in total. The highest BCUT2D eigenvalue weighted by molar-refractivity contribution is 5.06. The lowest BCUT2D eigenvalue weighted by Crippen LogP contribution is -2.47. The minimum absolute atomic E-state index is 0.333. The molecule has 1 atom stereocenters. The normalized spacial score (nSPS) is 14.4. The summed E-state index contributed by atoms with van der Waals surface area (Å²) in [4.78, 5) is 4.20. The summed E-state index contributed by atoms with van der Waals surface area (Å²) in [5.41, 5.74) is -0.386. The molecule has 0 aliphatic heterocycles. The van der Waals surface area contributed by atoms with Gasteiger partial charge in [0.25, 0.3) is 0 Å². The third-order valence-electron chi connectivity index (χ3n) is 3.31. The van der Waals surface area contributed by atoms with Gasteiger partial charge in [-0.2, -0.15) is 5.26 Å². The summed E-state index contributed by atoms with van der Waals surface area (Å²) >= 11 is 0. The van der Waals surface area contributed by atoms with Gasteiger partial charge in [0.15, 0.2) is 0 Å². The molecule has 0 bridgehead atoms. The molecule has 1 aromatic rings. The zero-order valence-electron chi connectivity index (χ0n) is 11.9. The topological polar surface area (TPSA) is 53.6 Å². The molecule has 0 saturated carbocycles. The van der Waals surface area contributed by atoms with E-state index in [4.69, 9.17) is 0 Å². The second-order valence-corrected chi connectivity index (χ2v) is 5.12. The zero-order valence-corrected chi connectivity index (χ0v) is 11.9. The minimum Gasteiger partial charge on any atom is -0.335 e. The smallest absolute Gasteiger partial charge is 0.106 e. The number of nitriles is 1. The summed E-state index contributed by atoms with van der Waals surface area (Å²) in [5, 5.41) is 12.8. The minimum atomic E-state index is -0.386. The van der Waals surface area contributed by atoms with E-state index in [-0.39, 0.29) is 5.54 Å². The number of imidazole rings is 1. The van der Waals surface area contributed by atoms with Crippen molar-refractivity contribution in [3.63, 3.8) is 0 Å². The lowest BCUT2D eigenvalue weighted by Gasteiger charge is -2.29. The van der Waals surface area contributed by atoms with Crippen molar-refractivity contribution in [1.82, 2.24) is 14.9 Å². The molecule has 4 nitrogen and oxygen atoms in total. The Hall–Kier alpha value is -1.34. The highest BCUT2D eigenvalue weighted by Crippen LogP contribution is 2.18. The van der Waals surface area contributed by atoms with Gasteiger partial charge < -0.3 is 4.57 Å². The van der Waals surface area contributed by atoms with Crippen molar-refractivity contribution in [3.05, 3.63) is 18.2 Å². The number of aromatic nitrogens is 2. The highest BCUT2D eigenvalue weighted by atomic mass is 15.1. The standard InChI is InChI=1S/C14H24N4/c1-5-14(11-15,17-12(2)3)7-6-9-18-10-8-16-13(18)4/h8,10,12,17H,5-7,9H2,1-4H3. The van der Waals surface area contributed by atoms with Gasteiger partial charge in [-0.05, 0) is 40.0 Å². The molecule has 1 heterocycles. The Labute approximate surface area is 110 Å². The molecular formula is C14H24N4. The second-order valence-electron chi connectivity index (χ2n) is 5.12. The average Bonchev–Trinajstić information content (AvgIpc) is 2.73. The molecule has 4 heteroatoms. The predicted molar refractivity (Wildman–Crippen MR) is 73.1 cm³/mol. The van der Waals surface area contributed by atoms with Crippen molar-refractivity contribution >= 4 is 0 Å². The first kappa shape index (κ1) is 14.7. The molecule has 0 aliphatic carbocycles. The maximum atomic E-state index is 9.41. The Morgan fingerprint density at radius 3 is 2.72 bits per heavy atom. The van der Waals surface area contributed by atoms with Gasteiger partial charge in [-0.3, -0.25) is 5.32 Å². The van der Waals surface area contributed by atoms with Crippen molar-refractivity contribution in [1.29, 1.82) is 5.26 Å². The lowest BCUT2D eigenvalue weighted by molar-refractivity contribution is 0.328. The van der Waals surface area contributed by atoms with Crippen LogP contribution in [0.15, 0.2) is 12.4 Å². The number of hydrogen-bond acceptors (Lipinski definition) is 3. The average molecular weight is 248 g/mol. The lowest BCUT2D eigenvalue weighted by atomic mass is 9.91. The maximum Gasteiger partial charge on any atom is 0.106 e. The van der Waals surface area contributed by atoms with E-state index in [0.29, 0.717) is 6.04 Å². The van der Waals surface area contributed by atoms with E-state index in [1.807, 2.05) is 19.3 Å². The van der Waals surface area contributed by atoms with E-state index in [1.54, 1.807) is 0 Å². The van der Waals surface area contributed by atoms with Crippen LogP contribution in [0.3, 0.4) is 0 Å². The summed E-state index contributed by atoms with van der Waals surface area (Å²) in [7, 11) is 0. The number of nitrogens with one attached hydrogen (secondary N) is 1. The summed E-state index contributed by atoms with van der Waals surface area (Å²) < 4.78 is 2.13. The second kappa shape index (κ2) is 6.55. The van der Waals surface area contributed by atoms with Crippen LogP contribution in [0.4, 0.5) is 0 Å². The van der Waals surface area contributed by atoms with E-state index in [9.17, 15) is 5.26 Å². The van der Waals surface area contributed by atoms with Crippen LogP contribution in [0.2, 0.25) is 0 Å². The number of rotatable bonds is 7. The van der Waals surface area contributed by atoms with Crippen molar-refractivity contribution in [3.8, 4) is 6.07 Å². The fourth-order valence-electron chi connectivity index (χ4n) is 2.26. The van der Waals surface area contributed by atoms with Crippen LogP contribution < -0.4 is 5.32 Å². The van der Waals surface area contributed by atoms with Gasteiger partial charge >= 0.3 is 0 Å². The summed E-state index contributed by atoms with van der Waals surface area (Å²) in [6, 6.07) is 2.79. The van der Waals surface area contributed by atoms with E-state index < -0.39 is 0 Å². The quantitative estimate of drug-likeness (QED) is 0.807. The zero-order chi connectivity index (χ0) is 13.6. The molecule has 1 unspecified atom stereocenters. The van der Waals surface area contributed by atoms with Gasteiger partial charge in [-0.15, -0.1) is 0 Å². The third kappa shape index (κ3) is 3.85. The van der Waals surface area contributed by atoms with E-state index in [0.717, 1.165) is 31.6 Å². The summed E-state index contributed by atoms with van der Waals surface area (Å²) in [6.07, 6.45) is 6.50. The predicted octanol–water partition coefficient (Wildman–Crippen LogP) is 2.64. The Morgan fingerprint density at radius 2 is 2.28 bits per heavy atom. The molecule has 0 aromatic carbocycles. The number of hydrogen-bond donors (Lipinski definition) is 1. The van der Waals surface area contributed by atoms with E-state index >= 15 is 0 Å². The molecule has 18 heavy (non-hydrogen) atoms. The highest BCUT2D eigenvalue weighted by Gasteiger charge is 2.27. The molecule has 0 spiro atoms. The van der Waals surface area contributed by atoms with Crippen LogP contribution in [0.25, 0.3) is 0 Å². The van der Waals surface area contributed by atoms with Crippen molar-refractivity contribution in [2.24, 2.45) is 0 Å². The molecule has 100 valence electrons. The molecule has 0 aliphatic rings. The van der Waals surface area contributed by atoms with Crippen molar-refractivity contribution in [2.45, 2.75) is 65.1 Å². The maximum absolute atomic E-state index is 9.41. The van der Waals surface area contributed by atoms with Crippen molar-refractivity contribution in [2.75, 3.05) is 0 Å². The van der Waals surface area contributed by atoms with Gasteiger partial charge in [0.1, 0.15) is 11.4 Å². The molecule has 1 rings (SSSR count). The Bertz CT molecular complexity index is 402.